The van der Waals surface area contributed by atoms with Gasteiger partial charge in [-0.05, 0) is 25.1 Å². The lowest BCUT2D eigenvalue weighted by atomic mass is 10.2. The van der Waals surface area contributed by atoms with E-state index in [1.54, 1.807) is 36.3 Å². The highest BCUT2D eigenvalue weighted by molar-refractivity contribution is 7.90. The molecule has 1 fully saturated rings. The summed E-state index contributed by atoms with van der Waals surface area (Å²) in [6, 6.07) is 6.77. The number of benzene rings is 1. The van der Waals surface area contributed by atoms with Gasteiger partial charge in [0.15, 0.2) is 9.84 Å². The van der Waals surface area contributed by atoms with Crippen LogP contribution in [0, 0.1) is 0 Å². The third-order valence-corrected chi connectivity index (χ3v) is 5.39. The van der Waals surface area contributed by atoms with E-state index in [0.717, 1.165) is 25.8 Å². The molecular weight excluding hydrogens is 328 g/mol. The Bertz CT molecular complexity index is 854. The molecule has 0 spiro atoms. The number of carbonyl (C=O) groups excluding carboxylic acids is 1. The molecule has 1 amide bonds. The first-order chi connectivity index (χ1) is 11.4. The highest BCUT2D eigenvalue weighted by atomic mass is 32.2. The molecule has 1 atom stereocenters. The van der Waals surface area contributed by atoms with Crippen molar-refractivity contribution in [1.29, 1.82) is 0 Å². The molecule has 1 aliphatic heterocycles. The second kappa shape index (κ2) is 6.37. The van der Waals surface area contributed by atoms with Crippen LogP contribution in [0.1, 0.15) is 16.8 Å². The molecule has 0 saturated carbocycles. The Hall–Kier alpha value is -2.19. The maximum Gasteiger partial charge on any atom is 0.257 e. The van der Waals surface area contributed by atoms with Gasteiger partial charge in [-0.3, -0.25) is 4.79 Å². The van der Waals surface area contributed by atoms with Crippen LogP contribution >= 0.6 is 0 Å². The third kappa shape index (κ3) is 3.20. The van der Waals surface area contributed by atoms with Crippen LogP contribution in [0.3, 0.4) is 0 Å². The summed E-state index contributed by atoms with van der Waals surface area (Å²) in [4.78, 5) is 14.5. The predicted octanol–water partition coefficient (Wildman–Crippen LogP) is 0.710. The molecule has 1 saturated heterocycles. The van der Waals surface area contributed by atoms with Crippen LogP contribution in [0.2, 0.25) is 0 Å². The predicted molar refractivity (Wildman–Crippen MR) is 90.0 cm³/mol. The minimum atomic E-state index is -3.39. The monoisotopic (exact) mass is 348 g/mol. The van der Waals surface area contributed by atoms with Gasteiger partial charge in [-0.2, -0.15) is 5.10 Å². The molecule has 8 heteroatoms. The summed E-state index contributed by atoms with van der Waals surface area (Å²) in [6.45, 7) is 1.69. The number of para-hydroxylation sites is 1. The first kappa shape index (κ1) is 16.7. The number of carbonyl (C=O) groups is 1. The molecule has 0 unspecified atom stereocenters. The van der Waals surface area contributed by atoms with E-state index in [1.165, 1.54) is 16.9 Å². The zero-order valence-corrected chi connectivity index (χ0v) is 14.5. The first-order valence-corrected chi connectivity index (χ1v) is 9.59. The van der Waals surface area contributed by atoms with Gasteiger partial charge in [-0.25, -0.2) is 13.1 Å². The molecule has 1 N–H and O–H groups in total. The fourth-order valence-electron chi connectivity index (χ4n) is 2.86. The highest BCUT2D eigenvalue weighted by Gasteiger charge is 2.25. The molecule has 2 heterocycles. The summed E-state index contributed by atoms with van der Waals surface area (Å²) >= 11 is 0. The van der Waals surface area contributed by atoms with E-state index in [9.17, 15) is 13.2 Å². The van der Waals surface area contributed by atoms with E-state index in [0.29, 0.717) is 11.3 Å². The lowest BCUT2D eigenvalue weighted by Gasteiger charge is -2.23. The average Bonchev–Trinajstić information content (AvgIpc) is 3.24. The topological polar surface area (TPSA) is 84.3 Å². The van der Waals surface area contributed by atoms with E-state index < -0.39 is 9.84 Å². The third-order valence-electron chi connectivity index (χ3n) is 4.24. The van der Waals surface area contributed by atoms with Gasteiger partial charge in [-0.15, -0.1) is 0 Å². The van der Waals surface area contributed by atoms with E-state index in [1.807, 2.05) is 0 Å². The Kier molecular flexibility index (Phi) is 4.42. The van der Waals surface area contributed by atoms with Gasteiger partial charge >= 0.3 is 0 Å². The van der Waals surface area contributed by atoms with Gasteiger partial charge in [-0.1, -0.05) is 12.1 Å². The van der Waals surface area contributed by atoms with E-state index in [-0.39, 0.29) is 16.8 Å². The number of hydrogen-bond donors (Lipinski definition) is 1. The van der Waals surface area contributed by atoms with Gasteiger partial charge in [0, 0.05) is 32.1 Å². The largest absolute Gasteiger partial charge is 0.337 e. The number of aromatic nitrogens is 2. The second-order valence-electron chi connectivity index (χ2n) is 5.98. The van der Waals surface area contributed by atoms with Crippen LogP contribution in [-0.2, 0) is 9.84 Å². The number of hydrogen-bond acceptors (Lipinski definition) is 5. The van der Waals surface area contributed by atoms with Crippen molar-refractivity contribution in [2.45, 2.75) is 17.4 Å². The molecule has 0 radical (unpaired) electrons. The normalized spacial score (nSPS) is 17.8. The van der Waals surface area contributed by atoms with Crippen molar-refractivity contribution in [3.05, 3.63) is 42.2 Å². The Morgan fingerprint density at radius 2 is 2.12 bits per heavy atom. The number of rotatable bonds is 4. The molecule has 2 aromatic rings. The van der Waals surface area contributed by atoms with E-state index in [2.05, 4.69) is 10.4 Å². The fourth-order valence-corrected chi connectivity index (χ4v) is 3.73. The molecule has 0 aliphatic carbocycles. The maximum absolute atomic E-state index is 12.6. The summed E-state index contributed by atoms with van der Waals surface area (Å²) < 4.78 is 25.3. The minimum absolute atomic E-state index is 0.119. The van der Waals surface area contributed by atoms with Crippen molar-refractivity contribution >= 4 is 15.7 Å². The lowest BCUT2D eigenvalue weighted by molar-refractivity contribution is 0.0744. The summed E-state index contributed by atoms with van der Waals surface area (Å²) in [5, 5.41) is 7.41. The van der Waals surface area contributed by atoms with Crippen molar-refractivity contribution in [2.75, 3.05) is 26.4 Å². The summed E-state index contributed by atoms with van der Waals surface area (Å²) in [5.41, 5.74) is 0.872. The summed E-state index contributed by atoms with van der Waals surface area (Å²) in [5.74, 6) is -0.119. The van der Waals surface area contributed by atoms with Gasteiger partial charge < -0.3 is 10.2 Å². The average molecular weight is 348 g/mol. The number of nitrogens with one attached hydrogen (secondary N) is 1. The molecule has 1 aliphatic rings. The minimum Gasteiger partial charge on any atom is -0.337 e. The Balaban J connectivity index is 1.90. The van der Waals surface area contributed by atoms with Crippen LogP contribution in [0.4, 0.5) is 0 Å². The Morgan fingerprint density at radius 3 is 2.79 bits per heavy atom. The summed E-state index contributed by atoms with van der Waals surface area (Å²) in [7, 11) is -1.61. The van der Waals surface area contributed by atoms with Crippen LogP contribution in [0.5, 0.6) is 0 Å². The van der Waals surface area contributed by atoms with Crippen LogP contribution in [0.15, 0.2) is 41.6 Å². The smallest absolute Gasteiger partial charge is 0.257 e. The van der Waals surface area contributed by atoms with Crippen LogP contribution in [-0.4, -0.2) is 61.4 Å². The highest BCUT2D eigenvalue weighted by Crippen LogP contribution is 2.20. The quantitative estimate of drug-likeness (QED) is 0.880. The Morgan fingerprint density at radius 1 is 1.38 bits per heavy atom. The van der Waals surface area contributed by atoms with Crippen molar-refractivity contribution in [1.82, 2.24) is 20.0 Å². The molecule has 1 aromatic heterocycles. The summed E-state index contributed by atoms with van der Waals surface area (Å²) in [6.07, 6.45) is 5.13. The standard InChI is InChI=1S/C16H20N4O3S/c1-19(13-7-8-17-10-13)16(21)12-9-18-20(11-12)14-5-3-4-6-15(14)24(2,22)23/h3-6,9,11,13,17H,7-8,10H2,1-2H3/t13-/m1/s1. The van der Waals surface area contributed by atoms with E-state index in [4.69, 9.17) is 0 Å². The number of amides is 1. The molecule has 0 bridgehead atoms. The lowest BCUT2D eigenvalue weighted by Crippen LogP contribution is -2.38. The van der Waals surface area contributed by atoms with Crippen LogP contribution in [0.25, 0.3) is 5.69 Å². The van der Waals surface area contributed by atoms with Crippen molar-refractivity contribution in [3.63, 3.8) is 0 Å². The number of nitrogens with zero attached hydrogens (tertiary/aromatic N) is 3. The Labute approximate surface area is 141 Å². The van der Waals surface area contributed by atoms with Gasteiger partial charge in [0.2, 0.25) is 0 Å². The first-order valence-electron chi connectivity index (χ1n) is 7.70. The molecule has 128 valence electrons. The van der Waals surface area contributed by atoms with Gasteiger partial charge in [0.25, 0.3) is 5.91 Å². The molecular formula is C16H20N4O3S. The maximum atomic E-state index is 12.6. The van der Waals surface area contributed by atoms with Crippen LogP contribution < -0.4 is 5.32 Å². The SMILES string of the molecule is CN(C(=O)c1cnn(-c2ccccc2S(C)(=O)=O)c1)[C@@H]1CCNC1. The molecule has 1 aromatic carbocycles. The van der Waals surface area contributed by atoms with Crippen molar-refractivity contribution in [2.24, 2.45) is 0 Å². The van der Waals surface area contributed by atoms with Crippen molar-refractivity contribution < 1.29 is 13.2 Å². The van der Waals surface area contributed by atoms with Gasteiger partial charge in [0.05, 0.1) is 22.3 Å². The van der Waals surface area contributed by atoms with E-state index >= 15 is 0 Å². The zero-order valence-electron chi connectivity index (χ0n) is 13.6. The molecule has 24 heavy (non-hydrogen) atoms. The zero-order chi connectivity index (χ0) is 17.3. The van der Waals surface area contributed by atoms with Crippen molar-refractivity contribution in [3.8, 4) is 5.69 Å². The molecule has 3 rings (SSSR count). The molecule has 7 nitrogen and oxygen atoms in total. The van der Waals surface area contributed by atoms with Gasteiger partial charge in [0.1, 0.15) is 0 Å². The number of likely N-dealkylation sites (N-methyl/N-ethyl adjacent to an activating group) is 1. The number of sulfone groups is 1. The fraction of sp³-hybridized carbons (Fsp3) is 0.375. The second-order valence-corrected chi connectivity index (χ2v) is 7.96.